The molecule has 0 radical (unpaired) electrons. The number of non-ortho nitro benzene ring substituents is 1. The van der Waals surface area contributed by atoms with Crippen LogP contribution in [-0.4, -0.2) is 44.7 Å². The fourth-order valence-electron chi connectivity index (χ4n) is 2.85. The lowest BCUT2D eigenvalue weighted by Crippen LogP contribution is -2.41. The number of sulfonamides is 1. The molecule has 33 heavy (non-hydrogen) atoms. The summed E-state index contributed by atoms with van der Waals surface area (Å²) in [6.07, 6.45) is 7.20. The first-order valence-corrected chi connectivity index (χ1v) is 12.0. The number of benzene rings is 1. The number of nitrogens with zero attached hydrogens (tertiary/aromatic N) is 2. The summed E-state index contributed by atoms with van der Waals surface area (Å²) < 4.78 is 92.6. The Hall–Kier alpha value is -2.97. The van der Waals surface area contributed by atoms with E-state index in [4.69, 9.17) is 0 Å². The van der Waals surface area contributed by atoms with Gasteiger partial charge >= 0.3 is 15.6 Å². The van der Waals surface area contributed by atoms with E-state index in [-0.39, 0.29) is 17.1 Å². The second kappa shape index (κ2) is 9.89. The summed E-state index contributed by atoms with van der Waals surface area (Å²) >= 11 is 0. The van der Waals surface area contributed by atoms with Crippen molar-refractivity contribution in [2.45, 2.75) is 17.3 Å². The van der Waals surface area contributed by atoms with Crippen LogP contribution in [0, 0.1) is 16.0 Å². The SMILES string of the molecule is C=C/C(=C\C=C/C)C1C=C(OS(=O)(=O)C(F)(F)F)CN(S(=O)(=O)c2ccc([N+](=O)[O-])cc2)C1. The monoisotopic (exact) mass is 508 g/mol. The van der Waals surface area contributed by atoms with Crippen molar-refractivity contribution in [2.75, 3.05) is 13.1 Å². The quantitative estimate of drug-likeness (QED) is 0.173. The highest BCUT2D eigenvalue weighted by Gasteiger charge is 2.49. The van der Waals surface area contributed by atoms with Crippen molar-refractivity contribution in [3.05, 3.63) is 82.7 Å². The molecule has 1 aliphatic heterocycles. The number of nitro benzene ring substituents is 1. The van der Waals surface area contributed by atoms with E-state index in [1.54, 1.807) is 19.1 Å². The first-order chi connectivity index (χ1) is 15.2. The highest BCUT2D eigenvalue weighted by molar-refractivity contribution is 7.89. The zero-order chi connectivity index (χ0) is 25.0. The molecule has 9 nitrogen and oxygen atoms in total. The van der Waals surface area contributed by atoms with E-state index in [1.165, 1.54) is 12.2 Å². The van der Waals surface area contributed by atoms with Gasteiger partial charge in [-0.05, 0) is 30.7 Å². The molecule has 2 rings (SSSR count). The Morgan fingerprint density at radius 1 is 1.24 bits per heavy atom. The number of allylic oxidation sites excluding steroid dienone is 4. The van der Waals surface area contributed by atoms with Gasteiger partial charge in [0, 0.05) is 24.6 Å². The lowest BCUT2D eigenvalue weighted by molar-refractivity contribution is -0.384. The van der Waals surface area contributed by atoms with E-state index in [0.29, 0.717) is 5.57 Å². The molecule has 0 aromatic heterocycles. The molecular weight excluding hydrogens is 489 g/mol. The van der Waals surface area contributed by atoms with E-state index < -0.39 is 48.8 Å². The van der Waals surface area contributed by atoms with Gasteiger partial charge < -0.3 is 4.18 Å². The van der Waals surface area contributed by atoms with Gasteiger partial charge in [-0.25, -0.2) is 8.42 Å². The Balaban J connectivity index is 2.52. The van der Waals surface area contributed by atoms with Crippen molar-refractivity contribution < 1.29 is 39.1 Å². The Morgan fingerprint density at radius 3 is 2.33 bits per heavy atom. The summed E-state index contributed by atoms with van der Waals surface area (Å²) in [5.41, 5.74) is -5.69. The minimum absolute atomic E-state index is 0.270. The molecule has 0 aliphatic carbocycles. The van der Waals surface area contributed by atoms with Gasteiger partial charge in [0.15, 0.2) is 0 Å². The summed E-state index contributed by atoms with van der Waals surface area (Å²) in [7, 11) is -10.4. The van der Waals surface area contributed by atoms with Crippen molar-refractivity contribution in [1.82, 2.24) is 4.31 Å². The smallest absolute Gasteiger partial charge is 0.379 e. The van der Waals surface area contributed by atoms with Crippen molar-refractivity contribution in [3.8, 4) is 0 Å². The largest absolute Gasteiger partial charge is 0.534 e. The number of hydrogen-bond acceptors (Lipinski definition) is 7. The molecule has 14 heteroatoms. The highest BCUT2D eigenvalue weighted by atomic mass is 32.2. The van der Waals surface area contributed by atoms with Crippen molar-refractivity contribution in [2.24, 2.45) is 5.92 Å². The first kappa shape index (κ1) is 26.3. The maximum Gasteiger partial charge on any atom is 0.534 e. The molecule has 1 heterocycles. The summed E-state index contributed by atoms with van der Waals surface area (Å²) in [4.78, 5) is 9.71. The van der Waals surface area contributed by atoms with E-state index in [9.17, 15) is 40.1 Å². The van der Waals surface area contributed by atoms with Crippen LogP contribution in [0.3, 0.4) is 0 Å². The second-order valence-electron chi connectivity index (χ2n) is 6.67. The first-order valence-electron chi connectivity index (χ1n) is 9.14. The minimum atomic E-state index is -6.04. The molecule has 1 aliphatic rings. The molecule has 1 atom stereocenters. The van der Waals surface area contributed by atoms with Crippen molar-refractivity contribution in [1.29, 1.82) is 0 Å². The van der Waals surface area contributed by atoms with E-state index >= 15 is 0 Å². The number of nitro groups is 1. The van der Waals surface area contributed by atoms with Crippen LogP contribution in [0.25, 0.3) is 0 Å². The van der Waals surface area contributed by atoms with Gasteiger partial charge in [-0.15, -0.1) is 0 Å². The second-order valence-corrected chi connectivity index (χ2v) is 10.1. The van der Waals surface area contributed by atoms with Crippen molar-refractivity contribution >= 4 is 25.8 Å². The maximum atomic E-state index is 13.1. The standard InChI is InChI=1S/C19H19F3N2O7S2/c1-3-5-6-14(4-2)15-11-17(31-33(29,30)19(20,21)22)13-23(12-15)32(27,28)18-9-7-16(8-10-18)24(25)26/h3-11,15H,2,12-13H2,1H3/b5-3-,14-6+. The Morgan fingerprint density at radius 2 is 1.85 bits per heavy atom. The molecule has 0 spiro atoms. The van der Waals surface area contributed by atoms with Crippen LogP contribution >= 0.6 is 0 Å². The zero-order valence-corrected chi connectivity index (χ0v) is 18.7. The third-order valence-electron chi connectivity index (χ3n) is 4.45. The molecule has 0 saturated carbocycles. The predicted molar refractivity (Wildman–Crippen MR) is 113 cm³/mol. The molecule has 180 valence electrons. The molecule has 0 fully saturated rings. The Labute approximate surface area is 188 Å². The van der Waals surface area contributed by atoms with E-state index in [0.717, 1.165) is 34.6 Å². The predicted octanol–water partition coefficient (Wildman–Crippen LogP) is 3.65. The molecule has 1 aromatic rings. The van der Waals surface area contributed by atoms with Crippen LogP contribution in [0.4, 0.5) is 18.9 Å². The topological polar surface area (TPSA) is 124 Å². The lowest BCUT2D eigenvalue weighted by Gasteiger charge is -2.31. The molecule has 0 saturated heterocycles. The van der Waals surface area contributed by atoms with Crippen LogP contribution in [-0.2, 0) is 24.3 Å². The number of alkyl halides is 3. The number of rotatable bonds is 8. The molecule has 1 aromatic carbocycles. The summed E-state index contributed by atoms with van der Waals surface area (Å²) in [6, 6.07) is 3.85. The van der Waals surface area contributed by atoms with Crippen LogP contribution < -0.4 is 0 Å². The Bertz CT molecular complexity index is 1220. The van der Waals surface area contributed by atoms with Gasteiger partial charge in [0.1, 0.15) is 5.76 Å². The number of hydrogen-bond donors (Lipinski definition) is 0. The molecule has 0 N–H and O–H groups in total. The van der Waals surface area contributed by atoms with Crippen LogP contribution in [0.2, 0.25) is 0 Å². The van der Waals surface area contributed by atoms with E-state index in [2.05, 4.69) is 10.8 Å². The summed E-state index contributed by atoms with van der Waals surface area (Å²) in [5.74, 6) is -1.64. The van der Waals surface area contributed by atoms with Crippen LogP contribution in [0.15, 0.2) is 77.5 Å². The summed E-state index contributed by atoms with van der Waals surface area (Å²) in [5, 5.41) is 10.8. The average Bonchev–Trinajstić information content (AvgIpc) is 2.73. The van der Waals surface area contributed by atoms with Crippen LogP contribution in [0.5, 0.6) is 0 Å². The molecular formula is C19H19F3N2O7S2. The number of halogens is 3. The third kappa shape index (κ3) is 6.09. The van der Waals surface area contributed by atoms with Gasteiger partial charge in [-0.2, -0.15) is 25.9 Å². The molecule has 1 unspecified atom stereocenters. The van der Waals surface area contributed by atoms with Gasteiger partial charge in [0.2, 0.25) is 10.0 Å². The van der Waals surface area contributed by atoms with Gasteiger partial charge in [0.25, 0.3) is 5.69 Å². The van der Waals surface area contributed by atoms with E-state index in [1.807, 2.05) is 0 Å². The average molecular weight is 508 g/mol. The molecule has 0 amide bonds. The fourth-order valence-corrected chi connectivity index (χ4v) is 4.77. The van der Waals surface area contributed by atoms with Gasteiger partial charge in [-0.3, -0.25) is 10.1 Å². The molecule has 0 bridgehead atoms. The van der Waals surface area contributed by atoms with Crippen LogP contribution in [0.1, 0.15) is 6.92 Å². The minimum Gasteiger partial charge on any atom is -0.379 e. The Kier molecular flexibility index (Phi) is 7.87. The third-order valence-corrected chi connectivity index (χ3v) is 7.28. The normalized spacial score (nSPS) is 18.7. The zero-order valence-electron chi connectivity index (χ0n) is 17.1. The van der Waals surface area contributed by atoms with Gasteiger partial charge in [0.05, 0.1) is 16.4 Å². The summed E-state index contributed by atoms with van der Waals surface area (Å²) in [6.45, 7) is 4.22. The lowest BCUT2D eigenvalue weighted by atomic mass is 9.95. The van der Waals surface area contributed by atoms with Crippen molar-refractivity contribution in [3.63, 3.8) is 0 Å². The maximum absolute atomic E-state index is 13.1. The van der Waals surface area contributed by atoms with Gasteiger partial charge in [-0.1, -0.05) is 30.9 Å². The fraction of sp³-hybridized carbons (Fsp3) is 0.263. The highest BCUT2D eigenvalue weighted by Crippen LogP contribution is 2.32.